The van der Waals surface area contributed by atoms with Crippen LogP contribution in [0.15, 0.2) is 59.8 Å². The molecule has 2 unspecified atom stereocenters. The Morgan fingerprint density at radius 1 is 1.19 bits per heavy atom. The van der Waals surface area contributed by atoms with Crippen molar-refractivity contribution in [3.05, 3.63) is 65.7 Å². The molecule has 0 aliphatic heterocycles. The number of nitrogens with zero attached hydrogens (tertiary/aromatic N) is 2. The first kappa shape index (κ1) is 17.8. The van der Waals surface area contributed by atoms with Crippen LogP contribution in [0.1, 0.15) is 36.9 Å². The lowest BCUT2D eigenvalue weighted by molar-refractivity contribution is -0.121. The van der Waals surface area contributed by atoms with E-state index in [4.69, 9.17) is 0 Å². The number of amides is 1. The maximum absolute atomic E-state index is 12.7. The fourth-order valence-corrected chi connectivity index (χ4v) is 4.16. The number of aromatic amines is 1. The third-order valence-electron chi connectivity index (χ3n) is 4.85. The Balaban J connectivity index is 1.40. The molecule has 0 saturated carbocycles. The van der Waals surface area contributed by atoms with Crippen molar-refractivity contribution in [1.29, 1.82) is 0 Å². The van der Waals surface area contributed by atoms with Gasteiger partial charge in [0.1, 0.15) is 0 Å². The molecule has 138 valence electrons. The van der Waals surface area contributed by atoms with E-state index in [1.165, 1.54) is 22.9 Å². The number of H-pyrrole nitrogens is 1. The number of carbonyl (C=O) groups is 1. The summed E-state index contributed by atoms with van der Waals surface area (Å²) in [6, 6.07) is 18.3. The Morgan fingerprint density at radius 2 is 1.96 bits per heavy atom. The summed E-state index contributed by atoms with van der Waals surface area (Å²) in [6.07, 6.45) is 3.18. The van der Waals surface area contributed by atoms with Crippen LogP contribution in [-0.2, 0) is 11.2 Å². The number of hydrogen-bond acceptors (Lipinski definition) is 4. The minimum atomic E-state index is -0.265. The smallest absolute Gasteiger partial charge is 0.233 e. The Labute approximate surface area is 163 Å². The van der Waals surface area contributed by atoms with E-state index in [0.717, 1.165) is 24.8 Å². The molecule has 6 heteroatoms. The monoisotopic (exact) mass is 378 g/mol. The molecule has 3 aromatic rings. The van der Waals surface area contributed by atoms with E-state index in [2.05, 4.69) is 38.7 Å². The van der Waals surface area contributed by atoms with Crippen LogP contribution < -0.4 is 5.32 Å². The molecule has 2 N–H and O–H groups in total. The molecule has 0 fully saturated rings. The molecule has 0 spiro atoms. The summed E-state index contributed by atoms with van der Waals surface area (Å²) in [5, 5.41) is 10.7. The molecule has 5 nitrogen and oxygen atoms in total. The lowest BCUT2D eigenvalue weighted by Crippen LogP contribution is -2.35. The van der Waals surface area contributed by atoms with Crippen LogP contribution in [-0.4, -0.2) is 26.3 Å². The Kier molecular flexibility index (Phi) is 5.25. The largest absolute Gasteiger partial charge is 0.348 e. The van der Waals surface area contributed by atoms with Crippen LogP contribution in [0.2, 0.25) is 0 Å². The molecular weight excluding hydrogens is 356 g/mol. The van der Waals surface area contributed by atoms with Gasteiger partial charge < -0.3 is 5.32 Å². The summed E-state index contributed by atoms with van der Waals surface area (Å²) in [6.45, 7) is 1.90. The van der Waals surface area contributed by atoms with Crippen molar-refractivity contribution in [2.75, 3.05) is 0 Å². The molecule has 1 aliphatic carbocycles. The predicted molar refractivity (Wildman–Crippen MR) is 107 cm³/mol. The fraction of sp³-hybridized carbons (Fsp3) is 0.286. The van der Waals surface area contributed by atoms with Crippen molar-refractivity contribution >= 4 is 17.7 Å². The van der Waals surface area contributed by atoms with Crippen molar-refractivity contribution < 1.29 is 4.79 Å². The van der Waals surface area contributed by atoms with Gasteiger partial charge in [0.05, 0.1) is 11.3 Å². The molecule has 1 amide bonds. The molecule has 2 atom stereocenters. The van der Waals surface area contributed by atoms with Gasteiger partial charge in [-0.15, -0.1) is 5.10 Å². The average Bonchev–Trinajstić information content (AvgIpc) is 3.17. The standard InChI is InChI=1S/C21H22N4OS/c1-14(27-21-23-19(24-25-21)16-9-3-2-4-10-16)20(26)22-18-13-7-11-15-8-5-6-12-17(15)18/h2-6,8-10,12,14,18H,7,11,13H2,1H3,(H,22,26)(H,23,24,25). The van der Waals surface area contributed by atoms with E-state index in [9.17, 15) is 4.79 Å². The van der Waals surface area contributed by atoms with E-state index >= 15 is 0 Å². The van der Waals surface area contributed by atoms with Crippen molar-refractivity contribution in [2.24, 2.45) is 0 Å². The molecule has 2 aromatic carbocycles. The van der Waals surface area contributed by atoms with Crippen LogP contribution >= 0.6 is 11.8 Å². The van der Waals surface area contributed by atoms with Gasteiger partial charge in [0.25, 0.3) is 0 Å². The number of carbonyl (C=O) groups excluding carboxylic acids is 1. The minimum absolute atomic E-state index is 0.0211. The van der Waals surface area contributed by atoms with Gasteiger partial charge in [-0.05, 0) is 37.3 Å². The Morgan fingerprint density at radius 3 is 2.81 bits per heavy atom. The van der Waals surface area contributed by atoms with Crippen LogP contribution in [0.3, 0.4) is 0 Å². The molecule has 0 bridgehead atoms. The third-order valence-corrected chi connectivity index (χ3v) is 5.81. The van der Waals surface area contributed by atoms with Crippen molar-refractivity contribution in [1.82, 2.24) is 20.5 Å². The van der Waals surface area contributed by atoms with E-state index in [0.29, 0.717) is 11.0 Å². The fourth-order valence-electron chi connectivity index (χ4n) is 3.43. The highest BCUT2D eigenvalue weighted by molar-refractivity contribution is 8.00. The number of hydrogen-bond donors (Lipinski definition) is 2. The van der Waals surface area contributed by atoms with Gasteiger partial charge in [-0.25, -0.2) is 4.98 Å². The van der Waals surface area contributed by atoms with Gasteiger partial charge in [-0.2, -0.15) is 0 Å². The zero-order valence-electron chi connectivity index (χ0n) is 15.2. The second-order valence-corrected chi connectivity index (χ2v) is 8.05. The van der Waals surface area contributed by atoms with Crippen LogP contribution in [0.4, 0.5) is 0 Å². The number of thioether (sulfide) groups is 1. The van der Waals surface area contributed by atoms with Gasteiger partial charge in [-0.3, -0.25) is 9.89 Å². The molecule has 4 rings (SSSR count). The van der Waals surface area contributed by atoms with E-state index in [1.807, 2.05) is 43.3 Å². The van der Waals surface area contributed by atoms with Gasteiger partial charge >= 0.3 is 0 Å². The van der Waals surface area contributed by atoms with Gasteiger partial charge in [0.2, 0.25) is 11.1 Å². The summed E-state index contributed by atoms with van der Waals surface area (Å²) in [4.78, 5) is 17.2. The van der Waals surface area contributed by atoms with E-state index < -0.39 is 0 Å². The van der Waals surface area contributed by atoms with Crippen molar-refractivity contribution in [3.63, 3.8) is 0 Å². The van der Waals surface area contributed by atoms with Crippen LogP contribution in [0.5, 0.6) is 0 Å². The number of benzene rings is 2. The maximum Gasteiger partial charge on any atom is 0.233 e. The molecule has 1 aromatic heterocycles. The van der Waals surface area contributed by atoms with Crippen molar-refractivity contribution in [3.8, 4) is 11.4 Å². The quantitative estimate of drug-likeness (QED) is 0.655. The first-order valence-corrected chi connectivity index (χ1v) is 10.1. The lowest BCUT2D eigenvalue weighted by atomic mass is 9.88. The van der Waals surface area contributed by atoms with Crippen molar-refractivity contribution in [2.45, 2.75) is 42.6 Å². The summed E-state index contributed by atoms with van der Waals surface area (Å²) in [5.41, 5.74) is 3.57. The van der Waals surface area contributed by atoms with Crippen LogP contribution in [0, 0.1) is 0 Å². The number of nitrogens with one attached hydrogen (secondary N) is 2. The number of aryl methyl sites for hydroxylation is 1. The topological polar surface area (TPSA) is 70.7 Å². The molecule has 0 radical (unpaired) electrons. The molecule has 1 aliphatic rings. The summed E-state index contributed by atoms with van der Waals surface area (Å²) in [5.74, 6) is 0.736. The summed E-state index contributed by atoms with van der Waals surface area (Å²) >= 11 is 1.37. The second kappa shape index (κ2) is 7.96. The highest BCUT2D eigenvalue weighted by atomic mass is 32.2. The first-order valence-electron chi connectivity index (χ1n) is 9.23. The third kappa shape index (κ3) is 4.06. The van der Waals surface area contributed by atoms with Crippen LogP contribution in [0.25, 0.3) is 11.4 Å². The van der Waals surface area contributed by atoms with Gasteiger partial charge in [0.15, 0.2) is 5.82 Å². The zero-order chi connectivity index (χ0) is 18.6. The Bertz CT molecular complexity index is 925. The number of fused-ring (bicyclic) bond motifs is 1. The van der Waals surface area contributed by atoms with Gasteiger partial charge in [0, 0.05) is 5.56 Å². The molecule has 0 saturated heterocycles. The van der Waals surface area contributed by atoms with E-state index in [-0.39, 0.29) is 17.2 Å². The predicted octanol–water partition coefficient (Wildman–Crippen LogP) is 4.15. The Hall–Kier alpha value is -2.60. The molecular formula is C21H22N4OS. The summed E-state index contributed by atoms with van der Waals surface area (Å²) < 4.78 is 0. The first-order chi connectivity index (χ1) is 13.2. The minimum Gasteiger partial charge on any atom is -0.348 e. The number of aromatic nitrogens is 3. The highest BCUT2D eigenvalue weighted by Crippen LogP contribution is 2.30. The highest BCUT2D eigenvalue weighted by Gasteiger charge is 2.24. The zero-order valence-corrected chi connectivity index (χ0v) is 16.0. The second-order valence-electron chi connectivity index (χ2n) is 6.74. The molecule has 1 heterocycles. The lowest BCUT2D eigenvalue weighted by Gasteiger charge is -2.27. The number of rotatable bonds is 5. The summed E-state index contributed by atoms with van der Waals surface area (Å²) in [7, 11) is 0. The average molecular weight is 379 g/mol. The maximum atomic E-state index is 12.7. The molecule has 27 heavy (non-hydrogen) atoms. The van der Waals surface area contributed by atoms with Gasteiger partial charge in [-0.1, -0.05) is 66.4 Å². The normalized spacial score (nSPS) is 17.1. The van der Waals surface area contributed by atoms with E-state index in [1.54, 1.807) is 0 Å². The SMILES string of the molecule is CC(Sc1n[nH]c(-c2ccccc2)n1)C(=O)NC1CCCc2ccccc21.